The topological polar surface area (TPSA) is 43.8 Å². The molecule has 0 amide bonds. The molecule has 0 aromatic heterocycles. The van der Waals surface area contributed by atoms with Gasteiger partial charge in [-0.15, -0.1) is 0 Å². The van der Waals surface area contributed by atoms with E-state index in [2.05, 4.69) is 4.90 Å². The summed E-state index contributed by atoms with van der Waals surface area (Å²) in [7, 11) is 0. The second-order valence-corrected chi connectivity index (χ2v) is 4.15. The fourth-order valence-corrected chi connectivity index (χ4v) is 1.95. The molecule has 4 nitrogen and oxygen atoms in total. The lowest BCUT2D eigenvalue weighted by atomic mass is 10.2. The van der Waals surface area contributed by atoms with Gasteiger partial charge in [0.05, 0.1) is 0 Å². The van der Waals surface area contributed by atoms with E-state index in [0.29, 0.717) is 0 Å². The third kappa shape index (κ3) is 3.23. The van der Waals surface area contributed by atoms with Gasteiger partial charge in [-0.25, -0.2) is 9.18 Å². The molecule has 1 aromatic rings. The lowest BCUT2D eigenvalue weighted by molar-refractivity contribution is -0.131. The highest BCUT2D eigenvalue weighted by atomic mass is 19.1. The molecule has 0 radical (unpaired) electrons. The summed E-state index contributed by atoms with van der Waals surface area (Å²) < 4.78 is 12.8. The van der Waals surface area contributed by atoms with Crippen molar-refractivity contribution in [1.29, 1.82) is 0 Å². The van der Waals surface area contributed by atoms with Crippen LogP contribution in [0.5, 0.6) is 0 Å². The van der Waals surface area contributed by atoms with E-state index in [1.165, 1.54) is 12.1 Å². The normalized spacial score (nSPS) is 16.3. The molecule has 18 heavy (non-hydrogen) atoms. The maximum atomic E-state index is 12.8. The van der Waals surface area contributed by atoms with Gasteiger partial charge in [-0.05, 0) is 24.3 Å². The van der Waals surface area contributed by atoms with Crippen LogP contribution in [0.25, 0.3) is 0 Å². The van der Waals surface area contributed by atoms with Crippen molar-refractivity contribution < 1.29 is 14.3 Å². The van der Waals surface area contributed by atoms with Crippen molar-refractivity contribution in [1.82, 2.24) is 4.90 Å². The SMILES string of the molecule is O=C(O)C=CN1CCN(c2ccc(F)cc2)CC1. The van der Waals surface area contributed by atoms with Crippen molar-refractivity contribution in [2.45, 2.75) is 0 Å². The predicted molar refractivity (Wildman–Crippen MR) is 67.0 cm³/mol. The summed E-state index contributed by atoms with van der Waals surface area (Å²) in [5.41, 5.74) is 0.998. The van der Waals surface area contributed by atoms with Gasteiger partial charge >= 0.3 is 5.97 Å². The minimum atomic E-state index is -0.934. The van der Waals surface area contributed by atoms with Crippen LogP contribution in [0, 0.1) is 5.82 Å². The number of carboxylic acid groups (broad SMARTS) is 1. The van der Waals surface area contributed by atoms with E-state index in [-0.39, 0.29) is 5.82 Å². The summed E-state index contributed by atoms with van der Waals surface area (Å²) in [6.07, 6.45) is 2.75. The third-order valence-electron chi connectivity index (χ3n) is 2.93. The second kappa shape index (κ2) is 5.53. The lowest BCUT2D eigenvalue weighted by Gasteiger charge is -2.35. The van der Waals surface area contributed by atoms with Gasteiger partial charge in [0.15, 0.2) is 0 Å². The number of anilines is 1. The van der Waals surface area contributed by atoms with Gasteiger partial charge in [0.25, 0.3) is 0 Å². The maximum Gasteiger partial charge on any atom is 0.329 e. The van der Waals surface area contributed by atoms with Crippen LogP contribution in [0.3, 0.4) is 0 Å². The van der Waals surface area contributed by atoms with Crippen molar-refractivity contribution in [2.24, 2.45) is 0 Å². The Morgan fingerprint density at radius 2 is 1.78 bits per heavy atom. The average molecular weight is 250 g/mol. The largest absolute Gasteiger partial charge is 0.478 e. The molecule has 1 saturated heterocycles. The molecule has 1 fully saturated rings. The Bertz CT molecular complexity index is 437. The van der Waals surface area contributed by atoms with Crippen molar-refractivity contribution >= 4 is 11.7 Å². The predicted octanol–water partition coefficient (Wildman–Crippen LogP) is 1.55. The van der Waals surface area contributed by atoms with Gasteiger partial charge in [0.1, 0.15) is 5.82 Å². The van der Waals surface area contributed by atoms with Crippen molar-refractivity contribution in [3.05, 3.63) is 42.4 Å². The molecule has 0 aliphatic carbocycles. The summed E-state index contributed by atoms with van der Waals surface area (Å²) >= 11 is 0. The monoisotopic (exact) mass is 250 g/mol. The molecule has 1 heterocycles. The van der Waals surface area contributed by atoms with E-state index in [4.69, 9.17) is 5.11 Å². The van der Waals surface area contributed by atoms with Crippen molar-refractivity contribution in [3.8, 4) is 0 Å². The molecule has 5 heteroatoms. The highest BCUT2D eigenvalue weighted by molar-refractivity contribution is 5.79. The van der Waals surface area contributed by atoms with E-state index >= 15 is 0 Å². The number of carboxylic acids is 1. The molecule has 1 N–H and O–H groups in total. The van der Waals surface area contributed by atoms with Gasteiger partial charge < -0.3 is 14.9 Å². The van der Waals surface area contributed by atoms with Crippen LogP contribution in [0.1, 0.15) is 0 Å². The fourth-order valence-electron chi connectivity index (χ4n) is 1.95. The highest BCUT2D eigenvalue weighted by Crippen LogP contribution is 2.16. The number of aliphatic carboxylic acids is 1. The first-order chi connectivity index (χ1) is 8.65. The standard InChI is InChI=1S/C13H15FN2O2/c14-11-1-3-12(4-2-11)16-9-7-15(8-10-16)6-5-13(17)18/h1-6H,7-10H2,(H,17,18). The van der Waals surface area contributed by atoms with Gasteiger partial charge in [-0.1, -0.05) is 0 Å². The Morgan fingerprint density at radius 1 is 1.17 bits per heavy atom. The first kappa shape index (κ1) is 12.4. The minimum absolute atomic E-state index is 0.234. The molecular weight excluding hydrogens is 235 g/mol. The molecule has 2 rings (SSSR count). The molecule has 0 bridgehead atoms. The van der Waals surface area contributed by atoms with Gasteiger partial charge in [-0.2, -0.15) is 0 Å². The Hall–Kier alpha value is -2.04. The number of nitrogens with zero attached hydrogens (tertiary/aromatic N) is 2. The van der Waals surface area contributed by atoms with E-state index in [1.54, 1.807) is 18.3 Å². The smallest absolute Gasteiger partial charge is 0.329 e. The number of rotatable bonds is 3. The van der Waals surface area contributed by atoms with Gasteiger partial charge in [-0.3, -0.25) is 0 Å². The number of carbonyl (C=O) groups is 1. The minimum Gasteiger partial charge on any atom is -0.478 e. The molecular formula is C13H15FN2O2. The summed E-state index contributed by atoms with van der Waals surface area (Å²) in [6, 6.07) is 6.42. The number of hydrogen-bond donors (Lipinski definition) is 1. The molecule has 1 aliphatic rings. The Balaban J connectivity index is 1.90. The summed E-state index contributed by atoms with van der Waals surface area (Å²) in [5.74, 6) is -1.17. The summed E-state index contributed by atoms with van der Waals surface area (Å²) in [6.45, 7) is 3.13. The Labute approximate surface area is 105 Å². The molecule has 96 valence electrons. The van der Waals surface area contributed by atoms with Crippen molar-refractivity contribution in [3.63, 3.8) is 0 Å². The van der Waals surface area contributed by atoms with Crippen LogP contribution in [-0.4, -0.2) is 42.2 Å². The Morgan fingerprint density at radius 3 is 2.33 bits per heavy atom. The fraction of sp³-hybridized carbons (Fsp3) is 0.308. The average Bonchev–Trinajstić information content (AvgIpc) is 2.38. The van der Waals surface area contributed by atoms with Gasteiger partial charge in [0.2, 0.25) is 0 Å². The molecule has 0 unspecified atom stereocenters. The summed E-state index contributed by atoms with van der Waals surface area (Å²) in [5, 5.41) is 8.54. The van der Waals surface area contributed by atoms with Crippen molar-refractivity contribution in [2.75, 3.05) is 31.1 Å². The molecule has 0 spiro atoms. The van der Waals surface area contributed by atoms with Gasteiger partial charge in [0, 0.05) is 44.1 Å². The lowest BCUT2D eigenvalue weighted by Crippen LogP contribution is -2.44. The maximum absolute atomic E-state index is 12.8. The zero-order valence-electron chi connectivity index (χ0n) is 9.92. The Kier molecular flexibility index (Phi) is 3.82. The number of piperazine rings is 1. The number of halogens is 1. The van der Waals surface area contributed by atoms with Crippen LogP contribution in [0.4, 0.5) is 10.1 Å². The van der Waals surface area contributed by atoms with Crippen LogP contribution in [-0.2, 0) is 4.79 Å². The van der Waals surface area contributed by atoms with E-state index in [1.807, 2.05) is 4.90 Å². The van der Waals surface area contributed by atoms with Crippen LogP contribution in [0.15, 0.2) is 36.5 Å². The number of benzene rings is 1. The molecule has 1 aliphatic heterocycles. The van der Waals surface area contributed by atoms with Crippen LogP contribution >= 0.6 is 0 Å². The second-order valence-electron chi connectivity index (χ2n) is 4.15. The van der Waals surface area contributed by atoms with Crippen LogP contribution in [0.2, 0.25) is 0 Å². The zero-order valence-corrected chi connectivity index (χ0v) is 9.92. The first-order valence-corrected chi connectivity index (χ1v) is 5.81. The first-order valence-electron chi connectivity index (χ1n) is 5.81. The number of hydrogen-bond acceptors (Lipinski definition) is 3. The van der Waals surface area contributed by atoms with E-state index in [0.717, 1.165) is 37.9 Å². The molecule has 0 atom stereocenters. The highest BCUT2D eigenvalue weighted by Gasteiger charge is 2.14. The molecule has 1 aromatic carbocycles. The summed E-state index contributed by atoms with van der Waals surface area (Å²) in [4.78, 5) is 14.5. The molecule has 0 saturated carbocycles. The van der Waals surface area contributed by atoms with Crippen LogP contribution < -0.4 is 4.90 Å². The van der Waals surface area contributed by atoms with E-state index < -0.39 is 5.97 Å². The quantitative estimate of drug-likeness (QED) is 0.827. The zero-order chi connectivity index (χ0) is 13.0. The third-order valence-corrected chi connectivity index (χ3v) is 2.93. The van der Waals surface area contributed by atoms with E-state index in [9.17, 15) is 9.18 Å².